The van der Waals surface area contributed by atoms with Crippen LogP contribution in [0.3, 0.4) is 0 Å². The van der Waals surface area contributed by atoms with Crippen LogP contribution in [0.1, 0.15) is 24.5 Å². The molecule has 2 atom stereocenters. The van der Waals surface area contributed by atoms with Gasteiger partial charge in [-0.3, -0.25) is 9.48 Å². The van der Waals surface area contributed by atoms with E-state index in [2.05, 4.69) is 5.10 Å². The maximum Gasteiger partial charge on any atom is 0.306 e. The van der Waals surface area contributed by atoms with Crippen LogP contribution in [-0.2, 0) is 16.6 Å². The number of rotatable bonds is 2. The lowest BCUT2D eigenvalue weighted by Crippen LogP contribution is -2.25. The van der Waals surface area contributed by atoms with Crippen molar-refractivity contribution in [2.75, 3.05) is 6.61 Å². The van der Waals surface area contributed by atoms with Crippen LogP contribution in [0.15, 0.2) is 12.4 Å². The van der Waals surface area contributed by atoms with Crippen molar-refractivity contribution in [2.45, 2.75) is 18.9 Å². The molecule has 0 spiro atoms. The first kappa shape index (κ1) is 10.2. The fraction of sp³-hybridized carbons (Fsp3) is 0.600. The molecule has 0 amide bonds. The Bertz CT molecular complexity index is 361. The highest BCUT2D eigenvalue weighted by Gasteiger charge is 2.29. The molecule has 0 saturated carbocycles. The monoisotopic (exact) mass is 210 g/mol. The molecule has 1 N–H and O–H groups in total. The Hall–Kier alpha value is -1.36. The molecule has 82 valence electrons. The van der Waals surface area contributed by atoms with E-state index in [1.165, 1.54) is 0 Å². The highest BCUT2D eigenvalue weighted by Crippen LogP contribution is 2.31. The van der Waals surface area contributed by atoms with E-state index in [1.54, 1.807) is 10.9 Å². The van der Waals surface area contributed by atoms with Crippen LogP contribution in [-0.4, -0.2) is 27.5 Å². The van der Waals surface area contributed by atoms with E-state index in [0.717, 1.165) is 5.56 Å². The normalized spacial score (nSPS) is 26.5. The zero-order valence-corrected chi connectivity index (χ0v) is 8.59. The Morgan fingerprint density at radius 3 is 3.13 bits per heavy atom. The molecule has 1 fully saturated rings. The van der Waals surface area contributed by atoms with Crippen LogP contribution in [0.5, 0.6) is 0 Å². The Morgan fingerprint density at radius 2 is 2.53 bits per heavy atom. The third-order valence-corrected chi connectivity index (χ3v) is 2.73. The number of aromatic nitrogens is 2. The van der Waals surface area contributed by atoms with E-state index >= 15 is 0 Å². The number of nitrogens with zero attached hydrogens (tertiary/aromatic N) is 2. The molecule has 15 heavy (non-hydrogen) atoms. The second-order valence-corrected chi connectivity index (χ2v) is 3.87. The molecular weight excluding hydrogens is 196 g/mol. The van der Waals surface area contributed by atoms with Crippen LogP contribution in [0.25, 0.3) is 0 Å². The van der Waals surface area contributed by atoms with Gasteiger partial charge in [0.05, 0.1) is 18.2 Å². The third kappa shape index (κ3) is 2.18. The lowest BCUT2D eigenvalue weighted by molar-refractivity contribution is -0.147. The molecule has 2 rings (SSSR count). The molecule has 0 bridgehead atoms. The summed E-state index contributed by atoms with van der Waals surface area (Å²) in [6.07, 6.45) is 4.63. The maximum absolute atomic E-state index is 10.9. The molecule has 1 saturated heterocycles. The topological polar surface area (TPSA) is 64.4 Å². The first-order chi connectivity index (χ1) is 7.16. The Kier molecular flexibility index (Phi) is 2.73. The molecule has 0 radical (unpaired) electrons. The minimum atomic E-state index is -0.729. The Balaban J connectivity index is 2.07. The summed E-state index contributed by atoms with van der Waals surface area (Å²) in [6, 6.07) is 0. The number of aliphatic carboxylic acids is 1. The number of carboxylic acids is 1. The first-order valence-corrected chi connectivity index (χ1v) is 5.00. The SMILES string of the molecule is Cn1cc(C2CC(C(=O)O)CCO2)cn1. The molecule has 5 heteroatoms. The largest absolute Gasteiger partial charge is 0.481 e. The summed E-state index contributed by atoms with van der Waals surface area (Å²) in [5.41, 5.74) is 0.962. The molecule has 5 nitrogen and oxygen atoms in total. The van der Waals surface area contributed by atoms with Gasteiger partial charge in [0, 0.05) is 25.4 Å². The smallest absolute Gasteiger partial charge is 0.306 e. The van der Waals surface area contributed by atoms with Crippen molar-refractivity contribution in [3.8, 4) is 0 Å². The van der Waals surface area contributed by atoms with Gasteiger partial charge in [-0.25, -0.2) is 0 Å². The highest BCUT2D eigenvalue weighted by atomic mass is 16.5. The van der Waals surface area contributed by atoms with Gasteiger partial charge in [0.15, 0.2) is 0 Å². The van der Waals surface area contributed by atoms with Gasteiger partial charge in [-0.05, 0) is 12.8 Å². The molecule has 0 aromatic carbocycles. The number of hydrogen-bond acceptors (Lipinski definition) is 3. The summed E-state index contributed by atoms with van der Waals surface area (Å²) in [5, 5.41) is 13.0. The third-order valence-electron chi connectivity index (χ3n) is 2.73. The van der Waals surface area contributed by atoms with E-state index in [0.29, 0.717) is 19.4 Å². The van der Waals surface area contributed by atoms with Crippen molar-refractivity contribution in [1.29, 1.82) is 0 Å². The molecule has 2 heterocycles. The summed E-state index contributed by atoms with van der Waals surface area (Å²) in [5.74, 6) is -1.02. The standard InChI is InChI=1S/C10H14N2O3/c1-12-6-8(5-11-12)9-4-7(10(13)14)2-3-15-9/h5-7,9H,2-4H2,1H3,(H,13,14). The maximum atomic E-state index is 10.9. The Morgan fingerprint density at radius 1 is 1.73 bits per heavy atom. The fourth-order valence-corrected chi connectivity index (χ4v) is 1.86. The van der Waals surface area contributed by atoms with Crippen LogP contribution in [0.4, 0.5) is 0 Å². The van der Waals surface area contributed by atoms with Crippen LogP contribution in [0, 0.1) is 5.92 Å². The summed E-state index contributed by atoms with van der Waals surface area (Å²) in [4.78, 5) is 10.9. The number of aryl methyl sites for hydroxylation is 1. The lowest BCUT2D eigenvalue weighted by Gasteiger charge is -2.26. The van der Waals surface area contributed by atoms with Gasteiger partial charge in [0.25, 0.3) is 0 Å². The van der Waals surface area contributed by atoms with Gasteiger partial charge >= 0.3 is 5.97 Å². The van der Waals surface area contributed by atoms with Gasteiger partial charge in [0.1, 0.15) is 0 Å². The number of carboxylic acid groups (broad SMARTS) is 1. The van der Waals surface area contributed by atoms with Gasteiger partial charge in [-0.2, -0.15) is 5.10 Å². The second kappa shape index (κ2) is 4.02. The number of hydrogen-bond donors (Lipinski definition) is 1. The van der Waals surface area contributed by atoms with Crippen molar-refractivity contribution >= 4 is 5.97 Å². The molecule has 1 aliphatic heterocycles. The predicted octanol–water partition coefficient (Wildman–Crippen LogP) is 0.972. The molecule has 1 aliphatic rings. The number of ether oxygens (including phenoxy) is 1. The second-order valence-electron chi connectivity index (χ2n) is 3.87. The minimum absolute atomic E-state index is 0.117. The van der Waals surface area contributed by atoms with E-state index < -0.39 is 5.97 Å². The highest BCUT2D eigenvalue weighted by molar-refractivity contribution is 5.70. The summed E-state index contributed by atoms with van der Waals surface area (Å²) < 4.78 is 7.24. The summed E-state index contributed by atoms with van der Waals surface area (Å²) in [6.45, 7) is 0.510. The molecule has 1 aromatic rings. The van der Waals surface area contributed by atoms with Gasteiger partial charge in [-0.1, -0.05) is 0 Å². The van der Waals surface area contributed by atoms with Gasteiger partial charge in [0.2, 0.25) is 0 Å². The average Bonchev–Trinajstić information content (AvgIpc) is 2.65. The van der Waals surface area contributed by atoms with Crippen LogP contribution >= 0.6 is 0 Å². The molecule has 0 aliphatic carbocycles. The Labute approximate surface area is 87.7 Å². The fourth-order valence-electron chi connectivity index (χ4n) is 1.86. The lowest BCUT2D eigenvalue weighted by atomic mass is 9.93. The first-order valence-electron chi connectivity index (χ1n) is 5.00. The van der Waals surface area contributed by atoms with E-state index in [-0.39, 0.29) is 12.0 Å². The zero-order valence-electron chi connectivity index (χ0n) is 8.59. The average molecular weight is 210 g/mol. The molecular formula is C10H14N2O3. The summed E-state index contributed by atoms with van der Waals surface area (Å²) in [7, 11) is 1.83. The predicted molar refractivity (Wildman–Crippen MR) is 52.3 cm³/mol. The van der Waals surface area contributed by atoms with E-state index in [1.807, 2.05) is 13.2 Å². The summed E-state index contributed by atoms with van der Waals surface area (Å²) >= 11 is 0. The van der Waals surface area contributed by atoms with E-state index in [9.17, 15) is 4.79 Å². The quantitative estimate of drug-likeness (QED) is 0.790. The van der Waals surface area contributed by atoms with Crippen molar-refractivity contribution < 1.29 is 14.6 Å². The van der Waals surface area contributed by atoms with Crippen molar-refractivity contribution in [3.05, 3.63) is 18.0 Å². The molecule has 2 unspecified atom stereocenters. The minimum Gasteiger partial charge on any atom is -0.481 e. The van der Waals surface area contributed by atoms with E-state index in [4.69, 9.17) is 9.84 Å². The molecule has 1 aromatic heterocycles. The zero-order chi connectivity index (χ0) is 10.8. The number of carbonyl (C=O) groups is 1. The van der Waals surface area contributed by atoms with Gasteiger partial charge < -0.3 is 9.84 Å². The van der Waals surface area contributed by atoms with Crippen LogP contribution in [0.2, 0.25) is 0 Å². The van der Waals surface area contributed by atoms with Crippen molar-refractivity contribution in [2.24, 2.45) is 13.0 Å². The van der Waals surface area contributed by atoms with Crippen molar-refractivity contribution in [1.82, 2.24) is 9.78 Å². The van der Waals surface area contributed by atoms with Gasteiger partial charge in [-0.15, -0.1) is 0 Å². The van der Waals surface area contributed by atoms with Crippen molar-refractivity contribution in [3.63, 3.8) is 0 Å². The van der Waals surface area contributed by atoms with Crippen LogP contribution < -0.4 is 0 Å².